The highest BCUT2D eigenvalue weighted by atomic mass is 16.6. The molecule has 8 heteroatoms. The monoisotopic (exact) mass is 907 g/mol. The van der Waals surface area contributed by atoms with Crippen LogP contribution in [0.5, 0.6) is 0 Å². The van der Waals surface area contributed by atoms with E-state index in [1.807, 2.05) is 21.1 Å². The van der Waals surface area contributed by atoms with E-state index < -0.39 is 18.1 Å². The van der Waals surface area contributed by atoms with Gasteiger partial charge >= 0.3 is 17.9 Å². The summed E-state index contributed by atoms with van der Waals surface area (Å²) in [5.41, 5.74) is 0. The van der Waals surface area contributed by atoms with Crippen LogP contribution in [-0.2, 0) is 28.6 Å². The molecule has 65 heavy (non-hydrogen) atoms. The first-order valence-electron chi connectivity index (χ1n) is 25.8. The number of quaternary nitrogens is 1. The molecule has 8 nitrogen and oxygen atoms in total. The molecule has 0 aliphatic heterocycles. The van der Waals surface area contributed by atoms with Gasteiger partial charge in [0.2, 0.25) is 0 Å². The summed E-state index contributed by atoms with van der Waals surface area (Å²) in [5, 5.41) is 9.66. The van der Waals surface area contributed by atoms with Crippen LogP contribution < -0.4 is 0 Å². The number of nitrogens with zero attached hydrogens (tertiary/aromatic N) is 1. The van der Waals surface area contributed by atoms with Crippen LogP contribution in [0.4, 0.5) is 0 Å². The zero-order valence-corrected chi connectivity index (χ0v) is 42.2. The van der Waals surface area contributed by atoms with Gasteiger partial charge in [-0.15, -0.1) is 0 Å². The van der Waals surface area contributed by atoms with Crippen molar-refractivity contribution >= 4 is 17.9 Å². The molecule has 0 aromatic carbocycles. The van der Waals surface area contributed by atoms with E-state index in [1.165, 1.54) is 51.4 Å². The highest BCUT2D eigenvalue weighted by molar-refractivity contribution is 5.72. The van der Waals surface area contributed by atoms with E-state index in [9.17, 15) is 19.5 Å². The minimum absolute atomic E-state index is 0.0477. The number of rotatable bonds is 45. The normalized spacial score (nSPS) is 13.7. The van der Waals surface area contributed by atoms with Crippen molar-refractivity contribution in [3.05, 3.63) is 97.2 Å². The van der Waals surface area contributed by atoms with Crippen LogP contribution in [0.3, 0.4) is 0 Å². The predicted octanol–water partition coefficient (Wildman–Crippen LogP) is 15.0. The van der Waals surface area contributed by atoms with Gasteiger partial charge in [0.25, 0.3) is 0 Å². The maximum atomic E-state index is 12.8. The molecule has 0 aliphatic carbocycles. The quantitative estimate of drug-likeness (QED) is 0.0281. The maximum Gasteiger partial charge on any atom is 0.362 e. The molecule has 0 fully saturated rings. The molecule has 0 heterocycles. The molecule has 0 aromatic heterocycles. The van der Waals surface area contributed by atoms with Crippen molar-refractivity contribution in [3.8, 4) is 0 Å². The first-order chi connectivity index (χ1) is 31.6. The number of unbranched alkanes of at least 4 members (excludes halogenated alkanes) is 15. The third-order valence-corrected chi connectivity index (χ3v) is 11.0. The summed E-state index contributed by atoms with van der Waals surface area (Å²) in [6, 6.07) is -0.624. The van der Waals surface area contributed by atoms with Crippen molar-refractivity contribution in [1.29, 1.82) is 0 Å². The molecule has 0 saturated carbocycles. The van der Waals surface area contributed by atoms with Gasteiger partial charge in [0, 0.05) is 19.3 Å². The van der Waals surface area contributed by atoms with Crippen molar-refractivity contribution in [2.75, 3.05) is 41.0 Å². The van der Waals surface area contributed by atoms with Gasteiger partial charge in [-0.25, -0.2) is 4.79 Å². The smallest absolute Gasteiger partial charge is 0.362 e. The molecule has 0 bridgehead atoms. The second-order valence-corrected chi connectivity index (χ2v) is 18.0. The van der Waals surface area contributed by atoms with E-state index in [-0.39, 0.29) is 36.2 Å². The van der Waals surface area contributed by atoms with E-state index in [1.54, 1.807) is 0 Å². The van der Waals surface area contributed by atoms with E-state index in [2.05, 4.69) is 111 Å². The fourth-order valence-corrected chi connectivity index (χ4v) is 7.07. The number of hydrogen-bond acceptors (Lipinski definition) is 6. The predicted molar refractivity (Wildman–Crippen MR) is 275 cm³/mol. The molecule has 0 spiro atoms. The number of carbonyl (C=O) groups is 3. The van der Waals surface area contributed by atoms with Gasteiger partial charge in [-0.05, 0) is 89.9 Å². The van der Waals surface area contributed by atoms with Gasteiger partial charge in [0.05, 0.1) is 34.4 Å². The lowest BCUT2D eigenvalue weighted by Gasteiger charge is -2.31. The van der Waals surface area contributed by atoms with Crippen LogP contribution in [0.1, 0.15) is 194 Å². The van der Waals surface area contributed by atoms with Crippen LogP contribution in [0.25, 0.3) is 0 Å². The zero-order valence-electron chi connectivity index (χ0n) is 42.2. The SMILES string of the molecule is CC/C=C/C/C=C/C/C=C/C/C=C/C/C=C/CCCCCCCCC(=O)OC(COCCC(C(=O)O)[N+](C)(C)C)COC(=O)CCCCCCCCCCC/C=C/C/C=C/C/C=C/CC. The molecule has 0 aromatic rings. The van der Waals surface area contributed by atoms with Gasteiger partial charge in [-0.2, -0.15) is 0 Å². The number of hydrogen-bond donors (Lipinski definition) is 1. The maximum absolute atomic E-state index is 12.8. The topological polar surface area (TPSA) is 99.1 Å². The number of likely N-dealkylation sites (N-methyl/N-ethyl adjacent to an activating group) is 1. The molecular formula is C57H96NO7+. The van der Waals surface area contributed by atoms with Crippen LogP contribution in [0, 0.1) is 0 Å². The molecule has 1 N–H and O–H groups in total. The van der Waals surface area contributed by atoms with E-state index >= 15 is 0 Å². The largest absolute Gasteiger partial charge is 0.477 e. The summed E-state index contributed by atoms with van der Waals surface area (Å²) in [5.74, 6) is -1.50. The lowest BCUT2D eigenvalue weighted by molar-refractivity contribution is -0.887. The van der Waals surface area contributed by atoms with Gasteiger partial charge < -0.3 is 23.8 Å². The number of carbonyl (C=O) groups excluding carboxylic acids is 2. The summed E-state index contributed by atoms with van der Waals surface area (Å²) in [6.45, 7) is 4.49. The number of esters is 2. The molecule has 370 valence electrons. The summed E-state index contributed by atoms with van der Waals surface area (Å²) >= 11 is 0. The Hall–Kier alpha value is -3.75. The first kappa shape index (κ1) is 61.2. The molecule has 0 aliphatic rings. The number of allylic oxidation sites excluding steroid dienone is 16. The first-order valence-corrected chi connectivity index (χ1v) is 25.8. The summed E-state index contributed by atoms with van der Waals surface area (Å²) in [4.78, 5) is 37.2. The summed E-state index contributed by atoms with van der Waals surface area (Å²) < 4.78 is 17.3. The van der Waals surface area contributed by atoms with Crippen LogP contribution in [0.15, 0.2) is 97.2 Å². The molecule has 0 saturated heterocycles. The molecule has 2 atom stereocenters. The Kier molecular flexibility index (Phi) is 44.1. The molecule has 0 amide bonds. The summed E-state index contributed by atoms with van der Waals surface area (Å²) in [7, 11) is 5.52. The average Bonchev–Trinajstić information content (AvgIpc) is 3.27. The zero-order chi connectivity index (χ0) is 47.7. The van der Waals surface area contributed by atoms with Gasteiger partial charge in [0.15, 0.2) is 12.1 Å². The number of ether oxygens (including phenoxy) is 3. The van der Waals surface area contributed by atoms with Crippen molar-refractivity contribution in [2.45, 2.75) is 206 Å². The number of carboxylic acid groups (broad SMARTS) is 1. The highest BCUT2D eigenvalue weighted by Crippen LogP contribution is 2.14. The fraction of sp³-hybridized carbons (Fsp3) is 0.667. The Balaban J connectivity index is 4.30. The van der Waals surface area contributed by atoms with Crippen molar-refractivity contribution in [2.24, 2.45) is 0 Å². The number of aliphatic carboxylic acids is 1. The van der Waals surface area contributed by atoms with Crippen LogP contribution in [-0.4, -0.2) is 80.6 Å². The average molecular weight is 907 g/mol. The van der Waals surface area contributed by atoms with Gasteiger partial charge in [0.1, 0.15) is 6.61 Å². The molecular weight excluding hydrogens is 811 g/mol. The van der Waals surface area contributed by atoms with Crippen LogP contribution >= 0.6 is 0 Å². The lowest BCUT2D eigenvalue weighted by atomic mass is 10.1. The summed E-state index contributed by atoms with van der Waals surface area (Å²) in [6.07, 6.45) is 63.1. The second-order valence-electron chi connectivity index (χ2n) is 18.0. The molecule has 0 radical (unpaired) electrons. The van der Waals surface area contributed by atoms with Crippen molar-refractivity contribution in [3.63, 3.8) is 0 Å². The standard InChI is InChI=1S/C57H95NO7/c1-6-8-10-12-14-16-18-20-22-24-26-27-28-30-32-34-36-38-40-42-44-46-48-56(60)65-53(51-63-50-49-54(57(61)62)58(3,4)5)52-64-55(59)47-45-43-41-39-37-35-33-31-29-25-23-21-19-17-15-13-11-9-7-2/h8-11,14-17,20-23,26-27,30,32,53-54H,6-7,12-13,18-19,24-25,28-29,31,33-52H2,1-5H3/p+1/b10-8+,11-9+,16-14+,17-15+,22-20+,23-21+,27-26+,32-30+. The van der Waals surface area contributed by atoms with E-state index in [0.29, 0.717) is 19.3 Å². The van der Waals surface area contributed by atoms with Gasteiger partial charge in [-0.1, -0.05) is 182 Å². The van der Waals surface area contributed by atoms with Crippen molar-refractivity contribution in [1.82, 2.24) is 0 Å². The Morgan fingerprint density at radius 3 is 1.20 bits per heavy atom. The minimum Gasteiger partial charge on any atom is -0.477 e. The van der Waals surface area contributed by atoms with Crippen molar-refractivity contribution < 1.29 is 38.2 Å². The Bertz CT molecular complexity index is 1380. The Morgan fingerprint density at radius 2 is 0.815 bits per heavy atom. The molecule has 2 unspecified atom stereocenters. The second kappa shape index (κ2) is 46.8. The number of carboxylic acids is 1. The minimum atomic E-state index is -0.881. The fourth-order valence-electron chi connectivity index (χ4n) is 7.07. The Labute approximate surface area is 398 Å². The van der Waals surface area contributed by atoms with Crippen LogP contribution in [0.2, 0.25) is 0 Å². The van der Waals surface area contributed by atoms with Gasteiger partial charge in [-0.3, -0.25) is 9.59 Å². The Morgan fingerprint density at radius 1 is 0.462 bits per heavy atom. The molecule has 0 rings (SSSR count). The lowest BCUT2D eigenvalue weighted by Crippen LogP contribution is -2.50. The third kappa shape index (κ3) is 45.2. The third-order valence-electron chi connectivity index (χ3n) is 11.0. The van der Waals surface area contributed by atoms with E-state index in [4.69, 9.17) is 14.2 Å². The highest BCUT2D eigenvalue weighted by Gasteiger charge is 2.31. The van der Waals surface area contributed by atoms with E-state index in [0.717, 1.165) is 109 Å².